The Kier molecular flexibility index (Phi) is 3.87. The number of likely N-dealkylation sites (tertiary alicyclic amines) is 1. The molecule has 2 rings (SSSR count). The van der Waals surface area contributed by atoms with E-state index >= 15 is 0 Å². The number of likely N-dealkylation sites (N-methyl/N-ethyl adjacent to an activating group) is 1. The third-order valence-electron chi connectivity index (χ3n) is 2.60. The lowest BCUT2D eigenvalue weighted by Gasteiger charge is -2.09. The van der Waals surface area contributed by atoms with Crippen molar-refractivity contribution in [3.8, 4) is 0 Å². The summed E-state index contributed by atoms with van der Waals surface area (Å²) in [5, 5.41) is 3.07. The van der Waals surface area contributed by atoms with Crippen LogP contribution in [0.3, 0.4) is 0 Å². The Balaban J connectivity index is 1.95. The van der Waals surface area contributed by atoms with Crippen molar-refractivity contribution in [2.75, 3.05) is 7.05 Å². The van der Waals surface area contributed by atoms with Crippen molar-refractivity contribution in [2.45, 2.75) is 19.0 Å². The molecule has 4 nitrogen and oxygen atoms in total. The minimum Gasteiger partial charge on any atom is -0.300 e. The van der Waals surface area contributed by atoms with Crippen molar-refractivity contribution in [3.63, 3.8) is 0 Å². The van der Waals surface area contributed by atoms with Gasteiger partial charge < -0.3 is 5.32 Å². The van der Waals surface area contributed by atoms with Gasteiger partial charge in [-0.05, 0) is 22.0 Å². The van der Waals surface area contributed by atoms with Crippen LogP contribution in [0.2, 0.25) is 4.34 Å². The molecule has 92 valence electrons. The van der Waals surface area contributed by atoms with Crippen LogP contribution in [0.4, 0.5) is 0 Å². The first-order valence-corrected chi connectivity index (χ1v) is 6.95. The van der Waals surface area contributed by atoms with E-state index in [0.717, 1.165) is 14.2 Å². The average molecular weight is 338 g/mol. The van der Waals surface area contributed by atoms with Gasteiger partial charge in [-0.2, -0.15) is 0 Å². The molecule has 1 aromatic heterocycles. The summed E-state index contributed by atoms with van der Waals surface area (Å²) >= 11 is 10.7. The molecular formula is C10H10BrClN2O2S. The molecule has 0 saturated carbocycles. The second kappa shape index (κ2) is 5.06. The molecule has 0 bridgehead atoms. The number of rotatable bonds is 3. The largest absolute Gasteiger partial charge is 0.300 e. The van der Waals surface area contributed by atoms with Gasteiger partial charge in [-0.15, -0.1) is 11.3 Å². The Morgan fingerprint density at radius 2 is 2.35 bits per heavy atom. The fraction of sp³-hybridized carbons (Fsp3) is 0.400. The molecule has 1 aliphatic heterocycles. The number of nitrogens with one attached hydrogen (secondary N) is 1. The first kappa shape index (κ1) is 13.0. The lowest BCUT2D eigenvalue weighted by atomic mass is 10.2. The number of carbonyl (C=O) groups excluding carboxylic acids is 2. The topological polar surface area (TPSA) is 49.4 Å². The van der Waals surface area contributed by atoms with E-state index in [1.807, 2.05) is 6.07 Å². The SMILES string of the molecule is CN1C(=O)CC(NCc2cc(Br)c(Cl)s2)C1=O. The number of thiophene rings is 1. The molecule has 0 aliphatic carbocycles. The zero-order valence-corrected chi connectivity index (χ0v) is 12.2. The lowest BCUT2D eigenvalue weighted by molar-refractivity contribution is -0.137. The standard InChI is InChI=1S/C10H10BrClN2O2S/c1-14-8(15)3-7(10(14)16)13-4-5-2-6(11)9(12)17-5/h2,7,13H,3-4H2,1H3. The molecule has 2 amide bonds. The first-order chi connectivity index (χ1) is 7.99. The normalized spacial score (nSPS) is 20.4. The van der Waals surface area contributed by atoms with Crippen LogP contribution in [0, 0.1) is 0 Å². The van der Waals surface area contributed by atoms with Gasteiger partial charge in [0, 0.05) is 22.9 Å². The summed E-state index contributed by atoms with van der Waals surface area (Å²) < 4.78 is 1.54. The van der Waals surface area contributed by atoms with Crippen LogP contribution in [-0.4, -0.2) is 29.8 Å². The third kappa shape index (κ3) is 2.70. The summed E-state index contributed by atoms with van der Waals surface area (Å²) in [7, 11) is 1.50. The second-order valence-electron chi connectivity index (χ2n) is 3.76. The monoisotopic (exact) mass is 336 g/mol. The lowest BCUT2D eigenvalue weighted by Crippen LogP contribution is -2.36. The molecule has 0 radical (unpaired) electrons. The van der Waals surface area contributed by atoms with Crippen molar-refractivity contribution in [1.29, 1.82) is 0 Å². The van der Waals surface area contributed by atoms with Gasteiger partial charge in [0.05, 0.1) is 12.5 Å². The van der Waals surface area contributed by atoms with Crippen molar-refractivity contribution < 1.29 is 9.59 Å². The Morgan fingerprint density at radius 3 is 2.82 bits per heavy atom. The van der Waals surface area contributed by atoms with Crippen LogP contribution in [0.25, 0.3) is 0 Å². The van der Waals surface area contributed by atoms with E-state index in [2.05, 4.69) is 21.2 Å². The number of carbonyl (C=O) groups is 2. The van der Waals surface area contributed by atoms with Crippen LogP contribution in [0.1, 0.15) is 11.3 Å². The minimum atomic E-state index is -0.410. The summed E-state index contributed by atoms with van der Waals surface area (Å²) in [6, 6.07) is 1.50. The molecule has 7 heteroatoms. The maximum atomic E-state index is 11.6. The molecule has 1 unspecified atom stereocenters. The number of hydrogen-bond donors (Lipinski definition) is 1. The molecule has 1 N–H and O–H groups in total. The smallest absolute Gasteiger partial charge is 0.246 e. The Hall–Kier alpha value is -0.430. The van der Waals surface area contributed by atoms with E-state index < -0.39 is 6.04 Å². The maximum absolute atomic E-state index is 11.6. The van der Waals surface area contributed by atoms with Crippen molar-refractivity contribution in [1.82, 2.24) is 10.2 Å². The highest BCUT2D eigenvalue weighted by Crippen LogP contribution is 2.31. The summed E-state index contributed by atoms with van der Waals surface area (Å²) in [5.41, 5.74) is 0. The predicted molar refractivity (Wildman–Crippen MR) is 70.1 cm³/mol. The van der Waals surface area contributed by atoms with E-state index in [1.54, 1.807) is 0 Å². The molecule has 1 atom stereocenters. The van der Waals surface area contributed by atoms with E-state index in [9.17, 15) is 9.59 Å². The van der Waals surface area contributed by atoms with Gasteiger partial charge >= 0.3 is 0 Å². The highest BCUT2D eigenvalue weighted by atomic mass is 79.9. The number of halogens is 2. The first-order valence-electron chi connectivity index (χ1n) is 4.96. The van der Waals surface area contributed by atoms with Crippen LogP contribution in [0.15, 0.2) is 10.5 Å². The maximum Gasteiger partial charge on any atom is 0.246 e. The van der Waals surface area contributed by atoms with Crippen LogP contribution < -0.4 is 5.32 Å². The second-order valence-corrected chi connectivity index (χ2v) is 6.36. The highest BCUT2D eigenvalue weighted by Gasteiger charge is 2.35. The van der Waals surface area contributed by atoms with E-state index in [4.69, 9.17) is 11.6 Å². The van der Waals surface area contributed by atoms with Crippen molar-refractivity contribution >= 4 is 50.7 Å². The van der Waals surface area contributed by atoms with Crippen molar-refractivity contribution in [3.05, 3.63) is 19.8 Å². The van der Waals surface area contributed by atoms with Gasteiger partial charge in [0.25, 0.3) is 0 Å². The average Bonchev–Trinajstić information content (AvgIpc) is 2.72. The van der Waals surface area contributed by atoms with Crippen LogP contribution in [0.5, 0.6) is 0 Å². The zero-order valence-electron chi connectivity index (χ0n) is 9.00. The van der Waals surface area contributed by atoms with Gasteiger partial charge in [-0.3, -0.25) is 14.5 Å². The molecule has 1 aliphatic rings. The minimum absolute atomic E-state index is 0.141. The Labute approximate surface area is 116 Å². The number of hydrogen-bond acceptors (Lipinski definition) is 4. The molecule has 0 spiro atoms. The molecule has 0 aromatic carbocycles. The van der Waals surface area contributed by atoms with Gasteiger partial charge in [0.1, 0.15) is 4.34 Å². The Morgan fingerprint density at radius 1 is 1.65 bits per heavy atom. The summed E-state index contributed by atoms with van der Waals surface area (Å²) in [4.78, 5) is 25.1. The van der Waals surface area contributed by atoms with Crippen LogP contribution >= 0.6 is 38.9 Å². The van der Waals surface area contributed by atoms with Gasteiger partial charge in [-0.1, -0.05) is 11.6 Å². The molecule has 2 heterocycles. The number of nitrogens with zero attached hydrogens (tertiary/aromatic N) is 1. The number of imide groups is 1. The molecule has 1 aromatic rings. The summed E-state index contributed by atoms with van der Waals surface area (Å²) in [6.07, 6.45) is 0.232. The molecule has 17 heavy (non-hydrogen) atoms. The number of amides is 2. The summed E-state index contributed by atoms with van der Waals surface area (Å²) in [6.45, 7) is 0.535. The fourth-order valence-electron chi connectivity index (χ4n) is 1.62. The van der Waals surface area contributed by atoms with E-state index in [0.29, 0.717) is 10.9 Å². The molecule has 1 fully saturated rings. The quantitative estimate of drug-likeness (QED) is 0.859. The Bertz CT molecular complexity index is 457. The highest BCUT2D eigenvalue weighted by molar-refractivity contribution is 9.10. The fourth-order valence-corrected chi connectivity index (χ4v) is 3.36. The van der Waals surface area contributed by atoms with E-state index in [-0.39, 0.29) is 18.2 Å². The third-order valence-corrected chi connectivity index (χ3v) is 5.08. The van der Waals surface area contributed by atoms with Crippen LogP contribution in [-0.2, 0) is 16.1 Å². The summed E-state index contributed by atoms with van der Waals surface area (Å²) in [5.74, 6) is -0.311. The predicted octanol–water partition coefficient (Wildman–Crippen LogP) is 2.01. The molecule has 1 saturated heterocycles. The molecular weight excluding hydrogens is 328 g/mol. The van der Waals surface area contributed by atoms with Crippen molar-refractivity contribution in [2.24, 2.45) is 0 Å². The zero-order chi connectivity index (χ0) is 12.6. The van der Waals surface area contributed by atoms with Gasteiger partial charge in [0.15, 0.2) is 0 Å². The van der Waals surface area contributed by atoms with Gasteiger partial charge in [-0.25, -0.2) is 0 Å². The van der Waals surface area contributed by atoms with E-state index in [1.165, 1.54) is 18.4 Å². The van der Waals surface area contributed by atoms with Gasteiger partial charge in [0.2, 0.25) is 11.8 Å².